The van der Waals surface area contributed by atoms with Crippen molar-refractivity contribution in [3.8, 4) is 0 Å². The summed E-state index contributed by atoms with van der Waals surface area (Å²) in [7, 11) is 0.973. The highest BCUT2D eigenvalue weighted by Gasteiger charge is 2.33. The van der Waals surface area contributed by atoms with Gasteiger partial charge in [-0.1, -0.05) is 12.2 Å². The zero-order valence-electron chi connectivity index (χ0n) is 6.79. The number of hydrogen-bond donors (Lipinski definition) is 1. The van der Waals surface area contributed by atoms with Crippen LogP contribution < -0.4 is 0 Å². The molecule has 0 saturated heterocycles. The Bertz CT molecular complexity index is 193. The third-order valence-electron chi connectivity index (χ3n) is 1.83. The van der Waals surface area contributed by atoms with E-state index in [1.165, 1.54) is 12.2 Å². The van der Waals surface area contributed by atoms with E-state index in [4.69, 9.17) is 5.02 Å². The van der Waals surface area contributed by atoms with E-state index >= 15 is 0 Å². The maximum Gasteiger partial charge on any atom is 0.523 e. The molecule has 1 aliphatic carbocycles. The molecule has 0 unspecified atom stereocenters. The molecule has 0 fully saturated rings. The Morgan fingerprint density at radius 2 is 2.00 bits per heavy atom. The van der Waals surface area contributed by atoms with Crippen molar-refractivity contribution in [1.82, 2.24) is 0 Å². The number of rotatable bonds is 2. The molecule has 6 heteroatoms. The van der Waals surface area contributed by atoms with Crippen LogP contribution in [0.15, 0.2) is 12.2 Å². The summed E-state index contributed by atoms with van der Waals surface area (Å²) in [6.45, 7) is 0. The molecule has 1 N–H and O–H groups in total. The van der Waals surface area contributed by atoms with E-state index in [2.05, 4.69) is 4.74 Å². The highest BCUT2D eigenvalue weighted by molar-refractivity contribution is 6.28. The third kappa shape index (κ3) is 3.82. The summed E-state index contributed by atoms with van der Waals surface area (Å²) < 4.78 is 38.9. The van der Waals surface area contributed by atoms with Crippen LogP contribution in [0.2, 0.25) is 5.82 Å². The van der Waals surface area contributed by atoms with Gasteiger partial charge < -0.3 is 5.02 Å². The summed E-state index contributed by atoms with van der Waals surface area (Å²) in [6, 6.07) is 0. The molecule has 2 nitrogen and oxygen atoms in total. The van der Waals surface area contributed by atoms with Crippen LogP contribution >= 0.6 is 0 Å². The molecule has 1 aliphatic rings. The lowest BCUT2D eigenvalue weighted by atomic mass is 9.74. The molecule has 73 valence electrons. The average molecular weight is 193 g/mol. The zero-order chi connectivity index (χ0) is 9.90. The van der Waals surface area contributed by atoms with Crippen LogP contribution in [0.4, 0.5) is 13.2 Å². The van der Waals surface area contributed by atoms with Crippen LogP contribution in [0, 0.1) is 0 Å². The van der Waals surface area contributed by atoms with Crippen molar-refractivity contribution < 1.29 is 22.9 Å². The van der Waals surface area contributed by atoms with Crippen molar-refractivity contribution in [1.29, 1.82) is 0 Å². The van der Waals surface area contributed by atoms with Gasteiger partial charge in [-0.05, 0) is 18.7 Å². The fourth-order valence-electron chi connectivity index (χ4n) is 1.21. The second kappa shape index (κ2) is 4.15. The summed E-state index contributed by atoms with van der Waals surface area (Å²) in [6.07, 6.45) is -1.89. The molecule has 0 amide bonds. The van der Waals surface area contributed by atoms with Gasteiger partial charge in [0, 0.05) is 0 Å². The second-order valence-electron chi connectivity index (χ2n) is 2.88. The molecule has 0 aromatic rings. The van der Waals surface area contributed by atoms with Crippen LogP contribution in [0.3, 0.4) is 0 Å². The highest BCUT2D eigenvalue weighted by Crippen LogP contribution is 2.27. The van der Waals surface area contributed by atoms with Crippen molar-refractivity contribution >= 4 is 7.48 Å². The molecular formula is C7H9BF3O2. The molecule has 1 rings (SSSR count). The Kier molecular flexibility index (Phi) is 3.38. The normalized spacial score (nSPS) is 28.9. The lowest BCUT2D eigenvalue weighted by Gasteiger charge is -2.21. The quantitative estimate of drug-likeness (QED) is 0.533. The maximum atomic E-state index is 11.7. The molecule has 0 saturated carbocycles. The minimum absolute atomic E-state index is 0.145. The lowest BCUT2D eigenvalue weighted by molar-refractivity contribution is -0.337. The summed E-state index contributed by atoms with van der Waals surface area (Å²) in [5, 5.41) is 8.57. The number of alkyl halides is 3. The van der Waals surface area contributed by atoms with Crippen LogP contribution in [-0.4, -0.2) is 25.0 Å². The Hall–Kier alpha value is -0.485. The van der Waals surface area contributed by atoms with Crippen LogP contribution in [0.25, 0.3) is 0 Å². The second-order valence-corrected chi connectivity index (χ2v) is 2.88. The van der Waals surface area contributed by atoms with Gasteiger partial charge in [0.2, 0.25) is 0 Å². The lowest BCUT2D eigenvalue weighted by Crippen LogP contribution is -2.25. The van der Waals surface area contributed by atoms with E-state index < -0.39 is 12.5 Å². The molecule has 1 radical (unpaired) electrons. The Labute approximate surface area is 74.7 Å². The van der Waals surface area contributed by atoms with E-state index in [0.29, 0.717) is 6.42 Å². The van der Waals surface area contributed by atoms with Crippen molar-refractivity contribution in [2.45, 2.75) is 31.1 Å². The average Bonchev–Trinajstić information content (AvgIpc) is 2.03. The van der Waals surface area contributed by atoms with Gasteiger partial charge in [-0.2, -0.15) is 0 Å². The Morgan fingerprint density at radius 1 is 1.31 bits per heavy atom. The van der Waals surface area contributed by atoms with Gasteiger partial charge in [-0.25, -0.2) is 0 Å². The fraction of sp³-hybridized carbons (Fsp3) is 0.714. The van der Waals surface area contributed by atoms with Gasteiger partial charge in [-0.15, -0.1) is 13.2 Å². The molecule has 2 atom stereocenters. The van der Waals surface area contributed by atoms with Gasteiger partial charge in [0.25, 0.3) is 7.48 Å². The third-order valence-corrected chi connectivity index (χ3v) is 1.83. The SMILES string of the molecule is O[B][C@H]1C=C[C@@H](OC(F)(F)F)CC1. The first kappa shape index (κ1) is 10.6. The van der Waals surface area contributed by atoms with E-state index in [1.54, 1.807) is 0 Å². The Balaban J connectivity index is 2.40. The predicted molar refractivity (Wildman–Crippen MR) is 41.0 cm³/mol. The first-order chi connectivity index (χ1) is 6.01. The van der Waals surface area contributed by atoms with E-state index in [-0.39, 0.29) is 12.2 Å². The Morgan fingerprint density at radius 3 is 2.38 bits per heavy atom. The first-order valence-corrected chi connectivity index (χ1v) is 3.91. The molecule has 0 aromatic heterocycles. The van der Waals surface area contributed by atoms with Crippen LogP contribution in [0.1, 0.15) is 12.8 Å². The maximum absolute atomic E-state index is 11.7. The summed E-state index contributed by atoms with van der Waals surface area (Å²) in [4.78, 5) is 0. The molecule has 0 aliphatic heterocycles. The standard InChI is InChI=1S/C7H9BF3O2/c9-7(10,11)13-6-3-1-5(8-12)2-4-6/h1,3,5-6,12H,2,4H2/t5-,6+/m0/s1. The number of halogens is 3. The van der Waals surface area contributed by atoms with Crippen molar-refractivity contribution in [3.63, 3.8) is 0 Å². The first-order valence-electron chi connectivity index (χ1n) is 3.91. The molecule has 0 heterocycles. The zero-order valence-corrected chi connectivity index (χ0v) is 6.79. The van der Waals surface area contributed by atoms with E-state index in [0.717, 1.165) is 7.48 Å². The number of allylic oxidation sites excluding steroid dienone is 1. The van der Waals surface area contributed by atoms with Crippen molar-refractivity contribution in [3.05, 3.63) is 12.2 Å². The van der Waals surface area contributed by atoms with Gasteiger partial charge in [0.1, 0.15) is 0 Å². The summed E-state index contributed by atoms with van der Waals surface area (Å²) in [5.74, 6) is -0.145. The van der Waals surface area contributed by atoms with E-state index in [1.807, 2.05) is 0 Å². The molecular weight excluding hydrogens is 184 g/mol. The fourth-order valence-corrected chi connectivity index (χ4v) is 1.21. The molecule has 13 heavy (non-hydrogen) atoms. The summed E-state index contributed by atoms with van der Waals surface area (Å²) >= 11 is 0. The predicted octanol–water partition coefficient (Wildman–Crippen LogP) is 1.64. The largest absolute Gasteiger partial charge is 0.523 e. The highest BCUT2D eigenvalue weighted by atomic mass is 19.4. The van der Waals surface area contributed by atoms with Crippen LogP contribution in [0.5, 0.6) is 0 Å². The summed E-state index contributed by atoms with van der Waals surface area (Å²) in [5.41, 5.74) is 0. The topological polar surface area (TPSA) is 29.5 Å². The molecule has 0 aromatic carbocycles. The number of hydrogen-bond acceptors (Lipinski definition) is 2. The van der Waals surface area contributed by atoms with Gasteiger partial charge >= 0.3 is 6.36 Å². The van der Waals surface area contributed by atoms with Gasteiger partial charge in [-0.3, -0.25) is 4.74 Å². The van der Waals surface area contributed by atoms with E-state index in [9.17, 15) is 13.2 Å². The monoisotopic (exact) mass is 193 g/mol. The van der Waals surface area contributed by atoms with Crippen LogP contribution in [-0.2, 0) is 4.74 Å². The van der Waals surface area contributed by atoms with Gasteiger partial charge in [0.05, 0.1) is 6.10 Å². The van der Waals surface area contributed by atoms with Gasteiger partial charge in [0.15, 0.2) is 0 Å². The smallest absolute Gasteiger partial charge is 0.454 e. The minimum atomic E-state index is -4.58. The molecule has 0 spiro atoms. The van der Waals surface area contributed by atoms with Crippen molar-refractivity contribution in [2.24, 2.45) is 0 Å². The van der Waals surface area contributed by atoms with Crippen molar-refractivity contribution in [2.75, 3.05) is 0 Å². The minimum Gasteiger partial charge on any atom is -0.454 e. The number of ether oxygens (including phenoxy) is 1. The molecule has 0 bridgehead atoms.